The maximum Gasteiger partial charge on any atom is 0.0495 e. The Morgan fingerprint density at radius 1 is 1.33 bits per heavy atom. The van der Waals surface area contributed by atoms with Gasteiger partial charge in [0.2, 0.25) is 0 Å². The van der Waals surface area contributed by atoms with Crippen LogP contribution in [0.4, 0.5) is 0 Å². The molecule has 0 bridgehead atoms. The molecule has 2 aliphatic heterocycles. The molecule has 1 aromatic rings. The topological polar surface area (TPSA) is 21.3 Å². The first-order valence-electron chi connectivity index (χ1n) is 6.93. The van der Waals surface area contributed by atoms with Crippen LogP contribution in [0.3, 0.4) is 0 Å². The number of ether oxygens (including phenoxy) is 1. The molecule has 2 nitrogen and oxygen atoms in total. The summed E-state index contributed by atoms with van der Waals surface area (Å²) in [5, 5.41) is 3.63. The van der Waals surface area contributed by atoms with Crippen LogP contribution in [-0.2, 0) is 4.74 Å². The summed E-state index contributed by atoms with van der Waals surface area (Å²) in [6.07, 6.45) is 2.52. The molecule has 1 saturated heterocycles. The van der Waals surface area contributed by atoms with Crippen molar-refractivity contribution in [3.8, 4) is 0 Å². The van der Waals surface area contributed by atoms with Crippen molar-refractivity contribution >= 4 is 11.8 Å². The molecule has 1 aromatic carbocycles. The smallest absolute Gasteiger partial charge is 0.0495 e. The summed E-state index contributed by atoms with van der Waals surface area (Å²) >= 11 is 2.00. The number of nitrogens with one attached hydrogen (secondary N) is 1. The molecule has 18 heavy (non-hydrogen) atoms. The summed E-state index contributed by atoms with van der Waals surface area (Å²) in [5.74, 6) is 2.73. The maximum atomic E-state index is 5.40. The van der Waals surface area contributed by atoms with Crippen LogP contribution in [0.2, 0.25) is 0 Å². The average Bonchev–Trinajstić information content (AvgIpc) is 3.04. The third-order valence-corrected chi connectivity index (χ3v) is 5.19. The van der Waals surface area contributed by atoms with Gasteiger partial charge in [-0.05, 0) is 36.9 Å². The minimum absolute atomic E-state index is 0.700. The Kier molecular flexibility index (Phi) is 4.24. The summed E-state index contributed by atoms with van der Waals surface area (Å²) < 4.78 is 5.40. The van der Waals surface area contributed by atoms with Gasteiger partial charge in [-0.25, -0.2) is 0 Å². The molecule has 0 aromatic heterocycles. The van der Waals surface area contributed by atoms with E-state index in [9.17, 15) is 0 Å². The molecule has 3 rings (SSSR count). The Morgan fingerprint density at radius 2 is 2.28 bits per heavy atom. The van der Waals surface area contributed by atoms with E-state index in [1.54, 1.807) is 5.56 Å². The molecule has 0 radical (unpaired) electrons. The predicted molar refractivity (Wildman–Crippen MR) is 76.3 cm³/mol. The standard InChI is InChI=1S/C15H21NOS/c1-2-4-15-14(3-1)13(11-18-15)9-16-7-5-12-6-8-17-10-12/h1-4,12-13,16H,5-11H2. The van der Waals surface area contributed by atoms with Gasteiger partial charge in [-0.15, -0.1) is 11.8 Å². The molecule has 98 valence electrons. The van der Waals surface area contributed by atoms with Gasteiger partial charge >= 0.3 is 0 Å². The van der Waals surface area contributed by atoms with Crippen molar-refractivity contribution in [2.24, 2.45) is 5.92 Å². The van der Waals surface area contributed by atoms with E-state index in [0.717, 1.165) is 32.2 Å². The number of benzene rings is 1. The van der Waals surface area contributed by atoms with E-state index in [1.807, 2.05) is 11.8 Å². The number of hydrogen-bond acceptors (Lipinski definition) is 3. The first-order valence-corrected chi connectivity index (χ1v) is 7.92. The Balaban J connectivity index is 1.41. The lowest BCUT2D eigenvalue weighted by atomic mass is 10.0. The van der Waals surface area contributed by atoms with Crippen molar-refractivity contribution in [3.05, 3.63) is 29.8 Å². The molecule has 2 unspecified atom stereocenters. The Bertz CT molecular complexity index is 390. The SMILES string of the molecule is c1ccc2c(c1)SCC2CNCCC1CCOC1. The fourth-order valence-electron chi connectivity index (χ4n) is 2.79. The molecule has 0 aliphatic carbocycles. The molecule has 1 fully saturated rings. The summed E-state index contributed by atoms with van der Waals surface area (Å²) in [4.78, 5) is 1.48. The lowest BCUT2D eigenvalue weighted by Gasteiger charge is -2.13. The third-order valence-electron chi connectivity index (χ3n) is 3.94. The van der Waals surface area contributed by atoms with Crippen molar-refractivity contribution in [2.45, 2.75) is 23.7 Å². The number of thioether (sulfide) groups is 1. The average molecular weight is 263 g/mol. The van der Waals surface area contributed by atoms with Crippen molar-refractivity contribution in [2.75, 3.05) is 32.1 Å². The van der Waals surface area contributed by atoms with E-state index in [1.165, 1.54) is 23.5 Å². The van der Waals surface area contributed by atoms with Crippen molar-refractivity contribution in [3.63, 3.8) is 0 Å². The Morgan fingerprint density at radius 3 is 3.17 bits per heavy atom. The van der Waals surface area contributed by atoms with Gasteiger partial charge in [-0.2, -0.15) is 0 Å². The maximum absolute atomic E-state index is 5.40. The molecule has 2 heterocycles. The van der Waals surface area contributed by atoms with Gasteiger partial charge in [0.05, 0.1) is 0 Å². The Hall–Kier alpha value is -0.510. The molecule has 0 amide bonds. The molecular weight excluding hydrogens is 242 g/mol. The van der Waals surface area contributed by atoms with Crippen LogP contribution in [0.25, 0.3) is 0 Å². The zero-order valence-electron chi connectivity index (χ0n) is 10.7. The van der Waals surface area contributed by atoms with Gasteiger partial charge in [-0.1, -0.05) is 18.2 Å². The van der Waals surface area contributed by atoms with E-state index in [4.69, 9.17) is 4.74 Å². The van der Waals surface area contributed by atoms with Crippen molar-refractivity contribution in [1.29, 1.82) is 0 Å². The third kappa shape index (κ3) is 2.90. The van der Waals surface area contributed by atoms with Crippen LogP contribution >= 0.6 is 11.8 Å². The highest BCUT2D eigenvalue weighted by Gasteiger charge is 2.22. The van der Waals surface area contributed by atoms with Gasteiger partial charge in [0, 0.05) is 36.3 Å². The highest BCUT2D eigenvalue weighted by molar-refractivity contribution is 7.99. The fourth-order valence-corrected chi connectivity index (χ4v) is 4.05. The first-order chi connectivity index (χ1) is 8.93. The second-order valence-corrected chi connectivity index (χ2v) is 6.33. The molecule has 2 atom stereocenters. The largest absolute Gasteiger partial charge is 0.381 e. The molecule has 3 heteroatoms. The van der Waals surface area contributed by atoms with E-state index < -0.39 is 0 Å². The van der Waals surface area contributed by atoms with Crippen LogP contribution in [0.15, 0.2) is 29.2 Å². The number of rotatable bonds is 5. The van der Waals surface area contributed by atoms with Crippen LogP contribution in [-0.4, -0.2) is 32.1 Å². The lowest BCUT2D eigenvalue weighted by Crippen LogP contribution is -2.24. The normalized spacial score (nSPS) is 26.4. The van der Waals surface area contributed by atoms with E-state index >= 15 is 0 Å². The number of hydrogen-bond donors (Lipinski definition) is 1. The molecule has 1 N–H and O–H groups in total. The molecular formula is C15H21NOS. The predicted octanol–water partition coefficient (Wildman–Crippen LogP) is 2.89. The molecule has 0 spiro atoms. The molecule has 0 saturated carbocycles. The summed E-state index contributed by atoms with van der Waals surface area (Å²) in [5.41, 5.74) is 1.54. The zero-order chi connectivity index (χ0) is 12.2. The monoisotopic (exact) mass is 263 g/mol. The van der Waals surface area contributed by atoms with Crippen molar-refractivity contribution < 1.29 is 4.74 Å². The van der Waals surface area contributed by atoms with Gasteiger partial charge in [0.1, 0.15) is 0 Å². The van der Waals surface area contributed by atoms with Crippen molar-refractivity contribution in [1.82, 2.24) is 5.32 Å². The minimum Gasteiger partial charge on any atom is -0.381 e. The minimum atomic E-state index is 0.700. The quantitative estimate of drug-likeness (QED) is 0.825. The molecule has 2 aliphatic rings. The van der Waals surface area contributed by atoms with E-state index in [-0.39, 0.29) is 0 Å². The lowest BCUT2D eigenvalue weighted by molar-refractivity contribution is 0.184. The van der Waals surface area contributed by atoms with E-state index in [2.05, 4.69) is 29.6 Å². The van der Waals surface area contributed by atoms with Crippen LogP contribution in [0, 0.1) is 5.92 Å². The van der Waals surface area contributed by atoms with Gasteiger partial charge < -0.3 is 10.1 Å². The summed E-state index contributed by atoms with van der Waals surface area (Å²) in [6.45, 7) is 4.20. The number of fused-ring (bicyclic) bond motifs is 1. The highest BCUT2D eigenvalue weighted by Crippen LogP contribution is 2.38. The van der Waals surface area contributed by atoms with Crippen LogP contribution in [0.1, 0.15) is 24.3 Å². The zero-order valence-corrected chi connectivity index (χ0v) is 11.5. The fraction of sp³-hybridized carbons (Fsp3) is 0.600. The second kappa shape index (κ2) is 6.09. The summed E-state index contributed by atoms with van der Waals surface area (Å²) in [7, 11) is 0. The van der Waals surface area contributed by atoms with E-state index in [0.29, 0.717) is 5.92 Å². The van der Waals surface area contributed by atoms with Gasteiger partial charge in [-0.3, -0.25) is 0 Å². The van der Waals surface area contributed by atoms with Gasteiger partial charge in [0.25, 0.3) is 0 Å². The summed E-state index contributed by atoms with van der Waals surface area (Å²) in [6, 6.07) is 8.83. The second-order valence-electron chi connectivity index (χ2n) is 5.27. The Labute approximate surface area is 113 Å². The van der Waals surface area contributed by atoms with Crippen LogP contribution < -0.4 is 5.32 Å². The highest BCUT2D eigenvalue weighted by atomic mass is 32.2. The van der Waals surface area contributed by atoms with Gasteiger partial charge in [0.15, 0.2) is 0 Å². The first kappa shape index (κ1) is 12.5. The van der Waals surface area contributed by atoms with Crippen LogP contribution in [0.5, 0.6) is 0 Å².